The second kappa shape index (κ2) is 7.11. The molecule has 2 aromatic rings. The van der Waals surface area contributed by atoms with Gasteiger partial charge >= 0.3 is 6.03 Å². The summed E-state index contributed by atoms with van der Waals surface area (Å²) in [4.78, 5) is 20.5. The van der Waals surface area contributed by atoms with Crippen LogP contribution in [0.3, 0.4) is 0 Å². The Morgan fingerprint density at radius 1 is 1.26 bits per heavy atom. The first kappa shape index (κ1) is 15.3. The van der Waals surface area contributed by atoms with Crippen LogP contribution in [0, 0.1) is 11.3 Å². The van der Waals surface area contributed by atoms with Gasteiger partial charge in [-0.1, -0.05) is 0 Å². The zero-order valence-electron chi connectivity index (χ0n) is 12.6. The van der Waals surface area contributed by atoms with Gasteiger partial charge in [-0.3, -0.25) is 5.32 Å². The van der Waals surface area contributed by atoms with E-state index in [4.69, 9.17) is 0 Å². The first-order chi connectivity index (χ1) is 11.3. The van der Waals surface area contributed by atoms with Crippen LogP contribution in [0.25, 0.3) is 0 Å². The van der Waals surface area contributed by atoms with Crippen molar-refractivity contribution in [1.82, 2.24) is 9.88 Å². The maximum Gasteiger partial charge on any atom is 0.322 e. The summed E-state index contributed by atoms with van der Waals surface area (Å²) in [6, 6.07) is 9.45. The van der Waals surface area contributed by atoms with E-state index in [0.29, 0.717) is 31.0 Å². The number of pyridine rings is 1. The molecule has 1 aliphatic heterocycles. The van der Waals surface area contributed by atoms with E-state index in [1.54, 1.807) is 18.3 Å². The van der Waals surface area contributed by atoms with E-state index in [2.05, 4.69) is 21.3 Å². The summed E-state index contributed by atoms with van der Waals surface area (Å²) in [7, 11) is 0. The molecule has 0 radical (unpaired) electrons. The minimum Gasteiger partial charge on any atom is -0.354 e. The summed E-state index contributed by atoms with van der Waals surface area (Å²) in [6.45, 7) is 2.76. The highest BCUT2D eigenvalue weighted by atomic mass is 32.1. The lowest BCUT2D eigenvalue weighted by Gasteiger charge is -2.23. The smallest absolute Gasteiger partial charge is 0.322 e. The number of anilines is 2. The monoisotopic (exact) mass is 327 g/mol. The van der Waals surface area contributed by atoms with Gasteiger partial charge in [0, 0.05) is 32.4 Å². The Bertz CT molecular complexity index is 710. The highest BCUT2D eigenvalue weighted by Crippen LogP contribution is 2.19. The lowest BCUT2D eigenvalue weighted by Crippen LogP contribution is -2.38. The van der Waals surface area contributed by atoms with Gasteiger partial charge in [-0.25, -0.2) is 9.78 Å². The molecule has 0 aliphatic carbocycles. The van der Waals surface area contributed by atoms with Crippen molar-refractivity contribution in [2.75, 3.05) is 36.4 Å². The number of aromatic nitrogens is 1. The third-order valence-corrected chi connectivity index (χ3v) is 4.53. The standard InChI is InChI=1S/C16H17N5OS/c17-12-13-4-1-6-18-15(13)20-7-3-8-21(10-9-20)16(22)19-14-5-2-11-23-14/h1-2,4-6,11H,3,7-10H2,(H,19,22). The van der Waals surface area contributed by atoms with Crippen molar-refractivity contribution in [2.24, 2.45) is 0 Å². The molecular formula is C16H17N5OS. The Morgan fingerprint density at radius 3 is 2.96 bits per heavy atom. The molecule has 6 nitrogen and oxygen atoms in total. The van der Waals surface area contributed by atoms with Crippen LogP contribution >= 0.6 is 11.3 Å². The van der Waals surface area contributed by atoms with E-state index in [1.807, 2.05) is 22.4 Å². The van der Waals surface area contributed by atoms with E-state index in [0.717, 1.165) is 18.0 Å². The zero-order chi connectivity index (χ0) is 16.1. The summed E-state index contributed by atoms with van der Waals surface area (Å²) in [6.07, 6.45) is 2.54. The number of amides is 2. The fourth-order valence-electron chi connectivity index (χ4n) is 2.60. The van der Waals surface area contributed by atoms with Crippen LogP contribution in [-0.2, 0) is 0 Å². The third-order valence-electron chi connectivity index (χ3n) is 3.74. The molecule has 0 aromatic carbocycles. The van der Waals surface area contributed by atoms with Gasteiger partial charge < -0.3 is 9.80 Å². The summed E-state index contributed by atoms with van der Waals surface area (Å²) in [5.41, 5.74) is 0.573. The molecule has 0 unspecified atom stereocenters. The normalized spacial score (nSPS) is 14.9. The molecule has 118 valence electrons. The van der Waals surface area contributed by atoms with Crippen LogP contribution in [0.4, 0.5) is 15.6 Å². The molecule has 1 saturated heterocycles. The van der Waals surface area contributed by atoms with Gasteiger partial charge in [-0.15, -0.1) is 11.3 Å². The van der Waals surface area contributed by atoms with E-state index >= 15 is 0 Å². The topological polar surface area (TPSA) is 72.3 Å². The van der Waals surface area contributed by atoms with E-state index < -0.39 is 0 Å². The van der Waals surface area contributed by atoms with Crippen LogP contribution in [0.15, 0.2) is 35.8 Å². The van der Waals surface area contributed by atoms with Crippen LogP contribution < -0.4 is 10.2 Å². The number of rotatable bonds is 2. The van der Waals surface area contributed by atoms with Gasteiger partial charge in [0.2, 0.25) is 0 Å². The Labute approximate surface area is 139 Å². The van der Waals surface area contributed by atoms with Crippen molar-refractivity contribution in [3.05, 3.63) is 41.4 Å². The van der Waals surface area contributed by atoms with Gasteiger partial charge in [0.25, 0.3) is 0 Å². The molecule has 3 heterocycles. The molecule has 0 atom stereocenters. The summed E-state index contributed by atoms with van der Waals surface area (Å²) < 4.78 is 0. The number of nitrogens with one attached hydrogen (secondary N) is 1. The quantitative estimate of drug-likeness (QED) is 0.920. The highest BCUT2D eigenvalue weighted by Gasteiger charge is 2.21. The molecular weight excluding hydrogens is 310 g/mol. The molecule has 2 amide bonds. The van der Waals surface area contributed by atoms with Crippen molar-refractivity contribution in [1.29, 1.82) is 5.26 Å². The lowest BCUT2D eigenvalue weighted by molar-refractivity contribution is 0.215. The van der Waals surface area contributed by atoms with Crippen molar-refractivity contribution in [3.8, 4) is 6.07 Å². The molecule has 0 spiro atoms. The Morgan fingerprint density at radius 2 is 2.17 bits per heavy atom. The highest BCUT2D eigenvalue weighted by molar-refractivity contribution is 7.14. The number of urea groups is 1. The molecule has 2 aromatic heterocycles. The fraction of sp³-hybridized carbons (Fsp3) is 0.312. The Hall–Kier alpha value is -2.59. The molecule has 0 bridgehead atoms. The number of thiophene rings is 1. The van der Waals surface area contributed by atoms with Crippen molar-refractivity contribution >= 4 is 28.2 Å². The maximum atomic E-state index is 12.3. The average Bonchev–Trinajstić information content (AvgIpc) is 2.96. The first-order valence-electron chi connectivity index (χ1n) is 7.47. The average molecular weight is 327 g/mol. The lowest BCUT2D eigenvalue weighted by atomic mass is 10.2. The number of carbonyl (C=O) groups excluding carboxylic acids is 1. The molecule has 1 aliphatic rings. The Balaban J connectivity index is 1.65. The van der Waals surface area contributed by atoms with Crippen LogP contribution in [0.1, 0.15) is 12.0 Å². The summed E-state index contributed by atoms with van der Waals surface area (Å²) in [5.74, 6) is 0.704. The first-order valence-corrected chi connectivity index (χ1v) is 8.35. The number of hydrogen-bond donors (Lipinski definition) is 1. The molecule has 7 heteroatoms. The molecule has 3 rings (SSSR count). The van der Waals surface area contributed by atoms with Crippen molar-refractivity contribution in [2.45, 2.75) is 6.42 Å². The van der Waals surface area contributed by atoms with E-state index in [9.17, 15) is 10.1 Å². The van der Waals surface area contributed by atoms with Crippen LogP contribution in [0.2, 0.25) is 0 Å². The Kier molecular flexibility index (Phi) is 4.74. The van der Waals surface area contributed by atoms with Gasteiger partial charge in [0.15, 0.2) is 0 Å². The summed E-state index contributed by atoms with van der Waals surface area (Å²) in [5, 5.41) is 14.9. The SMILES string of the molecule is N#Cc1cccnc1N1CCCN(C(=O)Nc2cccs2)CC1. The molecule has 1 N–H and O–H groups in total. The van der Waals surface area contributed by atoms with E-state index in [-0.39, 0.29) is 6.03 Å². The zero-order valence-corrected chi connectivity index (χ0v) is 13.4. The number of nitriles is 1. The van der Waals surface area contributed by atoms with Gasteiger partial charge in [0.1, 0.15) is 11.9 Å². The van der Waals surface area contributed by atoms with Crippen LogP contribution in [0.5, 0.6) is 0 Å². The number of carbonyl (C=O) groups is 1. The molecule has 0 saturated carbocycles. The predicted octanol–water partition coefficient (Wildman–Crippen LogP) is 2.76. The second-order valence-corrected chi connectivity index (χ2v) is 6.17. The van der Waals surface area contributed by atoms with Gasteiger partial charge in [-0.2, -0.15) is 5.26 Å². The maximum absolute atomic E-state index is 12.3. The fourth-order valence-corrected chi connectivity index (χ4v) is 3.21. The minimum absolute atomic E-state index is 0.0733. The summed E-state index contributed by atoms with van der Waals surface area (Å²) >= 11 is 1.51. The van der Waals surface area contributed by atoms with Crippen LogP contribution in [-0.4, -0.2) is 42.1 Å². The number of nitrogens with zero attached hydrogens (tertiary/aromatic N) is 4. The third kappa shape index (κ3) is 3.60. The second-order valence-electron chi connectivity index (χ2n) is 5.22. The molecule has 1 fully saturated rings. The van der Waals surface area contributed by atoms with Gasteiger partial charge in [-0.05, 0) is 36.1 Å². The minimum atomic E-state index is -0.0733. The van der Waals surface area contributed by atoms with Crippen molar-refractivity contribution in [3.63, 3.8) is 0 Å². The van der Waals surface area contributed by atoms with E-state index in [1.165, 1.54) is 11.3 Å². The predicted molar refractivity (Wildman–Crippen MR) is 90.7 cm³/mol. The molecule has 23 heavy (non-hydrogen) atoms. The van der Waals surface area contributed by atoms with Crippen molar-refractivity contribution < 1.29 is 4.79 Å². The van der Waals surface area contributed by atoms with Gasteiger partial charge in [0.05, 0.1) is 10.6 Å². The largest absolute Gasteiger partial charge is 0.354 e. The number of hydrogen-bond acceptors (Lipinski definition) is 5.